The first kappa shape index (κ1) is 19.1. The van der Waals surface area contributed by atoms with Gasteiger partial charge < -0.3 is 4.74 Å². The zero-order valence-corrected chi connectivity index (χ0v) is 16.2. The van der Waals surface area contributed by atoms with Crippen LogP contribution in [0.1, 0.15) is 30.1 Å². The van der Waals surface area contributed by atoms with Gasteiger partial charge in [-0.25, -0.2) is 0 Å². The molecule has 1 aliphatic rings. The summed E-state index contributed by atoms with van der Waals surface area (Å²) in [5, 5.41) is 0.839. The highest BCUT2D eigenvalue weighted by Gasteiger charge is 2.31. The molecule has 7 heteroatoms. The van der Waals surface area contributed by atoms with Crippen molar-refractivity contribution in [3.05, 3.63) is 63.1 Å². The quantitative estimate of drug-likeness (QED) is 0.491. The number of alkyl halides is 3. The molecular weight excluding hydrogens is 437 g/mol. The van der Waals surface area contributed by atoms with Crippen molar-refractivity contribution in [1.82, 2.24) is 0 Å². The maximum atomic E-state index is 12.9. The summed E-state index contributed by atoms with van der Waals surface area (Å²) < 4.78 is 45.3. The lowest BCUT2D eigenvalue weighted by Crippen LogP contribution is -2.22. The fourth-order valence-corrected chi connectivity index (χ4v) is 4.95. The van der Waals surface area contributed by atoms with Gasteiger partial charge in [-0.2, -0.15) is 13.2 Å². The first-order valence-corrected chi connectivity index (χ1v) is 9.78. The lowest BCUT2D eigenvalue weighted by molar-refractivity contribution is -0.137. The molecule has 1 nitrogen and oxygen atoms in total. The van der Waals surface area contributed by atoms with E-state index in [4.69, 9.17) is 16.3 Å². The van der Waals surface area contributed by atoms with Crippen LogP contribution in [-0.4, -0.2) is 11.9 Å². The Morgan fingerprint density at radius 1 is 1.16 bits per heavy atom. The van der Waals surface area contributed by atoms with Gasteiger partial charge in [0.15, 0.2) is 0 Å². The second kappa shape index (κ2) is 7.91. The average molecular weight is 452 g/mol. The van der Waals surface area contributed by atoms with Crippen LogP contribution in [0.15, 0.2) is 51.8 Å². The largest absolute Gasteiger partial charge is 0.416 e. The van der Waals surface area contributed by atoms with Crippen molar-refractivity contribution < 1.29 is 17.9 Å². The summed E-state index contributed by atoms with van der Waals surface area (Å²) in [4.78, 5) is 0.635. The van der Waals surface area contributed by atoms with Gasteiger partial charge in [-0.05, 0) is 48.7 Å². The van der Waals surface area contributed by atoms with Gasteiger partial charge in [0, 0.05) is 26.2 Å². The van der Waals surface area contributed by atoms with E-state index in [-0.39, 0.29) is 11.4 Å². The van der Waals surface area contributed by atoms with Crippen LogP contribution in [0.2, 0.25) is 5.02 Å². The van der Waals surface area contributed by atoms with Gasteiger partial charge in [-0.3, -0.25) is 0 Å². The van der Waals surface area contributed by atoms with Gasteiger partial charge in [0.05, 0.1) is 11.7 Å². The van der Waals surface area contributed by atoms with Crippen molar-refractivity contribution in [2.24, 2.45) is 0 Å². The van der Waals surface area contributed by atoms with E-state index in [1.807, 2.05) is 18.2 Å². The fourth-order valence-electron chi connectivity index (χ4n) is 2.79. The van der Waals surface area contributed by atoms with E-state index in [0.717, 1.165) is 28.9 Å². The summed E-state index contributed by atoms with van der Waals surface area (Å²) in [5.74, 6) is 0. The van der Waals surface area contributed by atoms with Gasteiger partial charge in [-0.15, -0.1) is 11.8 Å². The number of benzene rings is 2. The minimum absolute atomic E-state index is 0.0938. The van der Waals surface area contributed by atoms with E-state index in [1.54, 1.807) is 6.07 Å². The van der Waals surface area contributed by atoms with Crippen LogP contribution < -0.4 is 0 Å². The number of hydrogen-bond acceptors (Lipinski definition) is 2. The zero-order chi connectivity index (χ0) is 18.0. The Kier molecular flexibility index (Phi) is 6.03. The molecule has 1 saturated heterocycles. The Balaban J connectivity index is 1.72. The molecule has 0 aromatic heterocycles. The third-order valence-corrected chi connectivity index (χ3v) is 6.22. The summed E-state index contributed by atoms with van der Waals surface area (Å²) >= 11 is 11.0. The van der Waals surface area contributed by atoms with E-state index in [0.29, 0.717) is 16.5 Å². The number of thioether (sulfide) groups is 1. The van der Waals surface area contributed by atoms with Gasteiger partial charge in [0.25, 0.3) is 0 Å². The predicted molar refractivity (Wildman–Crippen MR) is 98.2 cm³/mol. The average Bonchev–Trinajstić information content (AvgIpc) is 2.54. The smallest absolute Gasteiger partial charge is 0.373 e. The third-order valence-electron chi connectivity index (χ3n) is 4.01. The number of ether oxygens (including phenoxy) is 1. The Morgan fingerprint density at radius 2 is 1.96 bits per heavy atom. The summed E-state index contributed by atoms with van der Waals surface area (Å²) in [5.41, 5.74) is 0.403. The van der Waals surface area contributed by atoms with Crippen LogP contribution in [0, 0.1) is 0 Å². The molecule has 1 aliphatic heterocycles. The molecule has 1 heterocycles. The van der Waals surface area contributed by atoms with E-state index in [2.05, 4.69) is 15.9 Å². The molecule has 0 amide bonds. The van der Waals surface area contributed by atoms with E-state index in [9.17, 15) is 13.2 Å². The van der Waals surface area contributed by atoms with Crippen LogP contribution in [0.4, 0.5) is 13.2 Å². The molecule has 0 spiro atoms. The zero-order valence-electron chi connectivity index (χ0n) is 13.0. The maximum Gasteiger partial charge on any atom is 0.416 e. The van der Waals surface area contributed by atoms with Crippen molar-refractivity contribution >= 4 is 39.3 Å². The van der Waals surface area contributed by atoms with Crippen molar-refractivity contribution in [1.29, 1.82) is 0 Å². The van der Waals surface area contributed by atoms with Gasteiger partial charge in [0.1, 0.15) is 0 Å². The molecule has 0 N–H and O–H groups in total. The van der Waals surface area contributed by atoms with Crippen LogP contribution in [0.5, 0.6) is 0 Å². The Labute approximate surface area is 162 Å². The third kappa shape index (κ3) is 4.94. The lowest BCUT2D eigenvalue weighted by Gasteiger charge is -2.30. The summed E-state index contributed by atoms with van der Waals surface area (Å²) in [6, 6.07) is 11.1. The normalized spacial score (nSPS) is 21.3. The van der Waals surface area contributed by atoms with Gasteiger partial charge in [0.2, 0.25) is 0 Å². The van der Waals surface area contributed by atoms with Crippen LogP contribution >= 0.6 is 39.3 Å². The first-order chi connectivity index (χ1) is 11.8. The molecule has 2 aromatic carbocycles. The standard InChI is InChI=1S/C18H15BrClF3OS/c19-16-9-12(20)4-5-15(16)17-10-14(6-7-24-17)25-13-3-1-2-11(8-13)18(21,22)23/h1-5,8-9,14,17H,6-7,10H2. The van der Waals surface area contributed by atoms with E-state index < -0.39 is 11.7 Å². The van der Waals surface area contributed by atoms with Crippen molar-refractivity contribution in [2.75, 3.05) is 6.61 Å². The van der Waals surface area contributed by atoms with Crippen molar-refractivity contribution in [2.45, 2.75) is 35.3 Å². The number of hydrogen-bond donors (Lipinski definition) is 0. The molecule has 2 aromatic rings. The molecule has 3 rings (SSSR count). The molecule has 1 fully saturated rings. The summed E-state index contributed by atoms with van der Waals surface area (Å²) in [6.07, 6.45) is -2.86. The number of rotatable bonds is 3. The predicted octanol–water partition coefficient (Wildman–Crippen LogP) is 7.13. The van der Waals surface area contributed by atoms with Crippen LogP contribution in [-0.2, 0) is 10.9 Å². The SMILES string of the molecule is FC(F)(F)c1cccc(SC2CCOC(c3ccc(Cl)cc3Br)C2)c1. The Bertz CT molecular complexity index is 753. The first-order valence-electron chi connectivity index (χ1n) is 7.73. The van der Waals surface area contributed by atoms with Gasteiger partial charge in [-0.1, -0.05) is 39.7 Å². The molecule has 0 radical (unpaired) electrons. The molecule has 0 saturated carbocycles. The molecule has 134 valence electrons. The Morgan fingerprint density at radius 3 is 2.68 bits per heavy atom. The van der Waals surface area contributed by atoms with Crippen molar-refractivity contribution in [3.8, 4) is 0 Å². The second-order valence-corrected chi connectivity index (χ2v) is 8.48. The monoisotopic (exact) mass is 450 g/mol. The molecule has 0 bridgehead atoms. The molecule has 2 unspecified atom stereocenters. The molecular formula is C18H15BrClF3OS. The van der Waals surface area contributed by atoms with Crippen LogP contribution in [0.25, 0.3) is 0 Å². The molecule has 2 atom stereocenters. The van der Waals surface area contributed by atoms with Crippen molar-refractivity contribution in [3.63, 3.8) is 0 Å². The topological polar surface area (TPSA) is 9.23 Å². The lowest BCUT2D eigenvalue weighted by atomic mass is 10.0. The van der Waals surface area contributed by atoms with Gasteiger partial charge >= 0.3 is 6.18 Å². The fraction of sp³-hybridized carbons (Fsp3) is 0.333. The second-order valence-electron chi connectivity index (χ2n) is 5.82. The highest BCUT2D eigenvalue weighted by atomic mass is 79.9. The highest BCUT2D eigenvalue weighted by molar-refractivity contribution is 9.10. The maximum absolute atomic E-state index is 12.9. The Hall–Kier alpha value is -0.690. The minimum atomic E-state index is -4.32. The van der Waals surface area contributed by atoms with Crippen LogP contribution in [0.3, 0.4) is 0 Å². The van der Waals surface area contributed by atoms with E-state index in [1.165, 1.54) is 23.9 Å². The summed E-state index contributed by atoms with van der Waals surface area (Å²) in [6.45, 7) is 0.580. The summed E-state index contributed by atoms with van der Waals surface area (Å²) in [7, 11) is 0. The van der Waals surface area contributed by atoms with E-state index >= 15 is 0 Å². The minimum Gasteiger partial charge on any atom is -0.373 e. The molecule has 25 heavy (non-hydrogen) atoms. The highest BCUT2D eigenvalue weighted by Crippen LogP contribution is 2.41. The molecule has 0 aliphatic carbocycles. The number of halogens is 5.